The van der Waals surface area contributed by atoms with Crippen molar-refractivity contribution in [3.8, 4) is 0 Å². The summed E-state index contributed by atoms with van der Waals surface area (Å²) in [5.74, 6) is 0.163. The zero-order valence-electron chi connectivity index (χ0n) is 9.34. The van der Waals surface area contributed by atoms with Crippen LogP contribution in [0.1, 0.15) is 27.4 Å². The third-order valence-corrected chi connectivity index (χ3v) is 4.06. The Hall–Kier alpha value is -0.770. The van der Waals surface area contributed by atoms with Gasteiger partial charge in [-0.15, -0.1) is 0 Å². The minimum absolute atomic E-state index is 0.0850. The Morgan fingerprint density at radius 3 is 2.94 bits per heavy atom. The Bertz CT molecular complexity index is 504. The van der Waals surface area contributed by atoms with Gasteiger partial charge >= 0.3 is 0 Å². The summed E-state index contributed by atoms with van der Waals surface area (Å²) in [6.07, 6.45) is 0. The number of halogens is 2. The SMILES string of the molecule is Cc1cc(Cl)c2c(c1)[C@@H]1CN(Cl)C[C@H]1NC2=O. The van der Waals surface area contributed by atoms with E-state index in [2.05, 4.69) is 5.32 Å². The Morgan fingerprint density at radius 1 is 1.41 bits per heavy atom. The van der Waals surface area contributed by atoms with Gasteiger partial charge in [0.2, 0.25) is 0 Å². The van der Waals surface area contributed by atoms with Gasteiger partial charge in [-0.1, -0.05) is 17.7 Å². The Labute approximate surface area is 110 Å². The fourth-order valence-electron chi connectivity index (χ4n) is 2.76. The number of carbonyl (C=O) groups excluding carboxylic acids is 1. The van der Waals surface area contributed by atoms with E-state index in [9.17, 15) is 4.79 Å². The average molecular weight is 271 g/mol. The minimum Gasteiger partial charge on any atom is -0.347 e. The van der Waals surface area contributed by atoms with Gasteiger partial charge < -0.3 is 5.32 Å². The van der Waals surface area contributed by atoms with Crippen molar-refractivity contribution >= 4 is 29.3 Å². The van der Waals surface area contributed by atoms with E-state index in [1.807, 2.05) is 19.1 Å². The van der Waals surface area contributed by atoms with Crippen molar-refractivity contribution in [2.24, 2.45) is 0 Å². The molecule has 17 heavy (non-hydrogen) atoms. The molecule has 1 aromatic carbocycles. The smallest absolute Gasteiger partial charge is 0.253 e. The third kappa shape index (κ3) is 1.73. The molecule has 1 amide bonds. The van der Waals surface area contributed by atoms with Crippen LogP contribution in [0.3, 0.4) is 0 Å². The monoisotopic (exact) mass is 270 g/mol. The van der Waals surface area contributed by atoms with Crippen molar-refractivity contribution in [3.05, 3.63) is 33.8 Å². The first-order chi connectivity index (χ1) is 8.06. The van der Waals surface area contributed by atoms with Gasteiger partial charge in [0.25, 0.3) is 5.91 Å². The largest absolute Gasteiger partial charge is 0.347 e. The second kappa shape index (κ2) is 3.87. The van der Waals surface area contributed by atoms with E-state index < -0.39 is 0 Å². The van der Waals surface area contributed by atoms with Crippen LogP contribution in [0.15, 0.2) is 12.1 Å². The summed E-state index contributed by atoms with van der Waals surface area (Å²) in [5, 5.41) is 3.51. The number of fused-ring (bicyclic) bond motifs is 3. The van der Waals surface area contributed by atoms with Crippen LogP contribution in [0.2, 0.25) is 5.02 Å². The molecule has 1 aromatic rings. The molecule has 0 bridgehead atoms. The molecule has 2 atom stereocenters. The first-order valence-electron chi connectivity index (χ1n) is 5.58. The van der Waals surface area contributed by atoms with Gasteiger partial charge in [0.15, 0.2) is 0 Å². The molecule has 1 fully saturated rings. The molecule has 0 radical (unpaired) electrons. The Balaban J connectivity index is 2.16. The van der Waals surface area contributed by atoms with Gasteiger partial charge in [-0.05, 0) is 35.9 Å². The van der Waals surface area contributed by atoms with Gasteiger partial charge in [-0.2, -0.15) is 0 Å². The van der Waals surface area contributed by atoms with E-state index in [0.717, 1.165) is 17.7 Å². The molecule has 5 heteroatoms. The summed E-state index contributed by atoms with van der Waals surface area (Å²) in [5.41, 5.74) is 2.73. The number of carbonyl (C=O) groups is 1. The third-order valence-electron chi connectivity index (χ3n) is 3.48. The zero-order chi connectivity index (χ0) is 12.2. The van der Waals surface area contributed by atoms with Crippen molar-refractivity contribution in [1.82, 2.24) is 9.74 Å². The summed E-state index contributed by atoms with van der Waals surface area (Å²) in [7, 11) is 0. The molecule has 90 valence electrons. The molecule has 0 spiro atoms. The lowest BCUT2D eigenvalue weighted by Gasteiger charge is -2.28. The van der Waals surface area contributed by atoms with Crippen molar-refractivity contribution in [2.75, 3.05) is 13.1 Å². The number of rotatable bonds is 0. The topological polar surface area (TPSA) is 32.3 Å². The fourth-order valence-corrected chi connectivity index (χ4v) is 3.42. The second-order valence-electron chi connectivity index (χ2n) is 4.73. The van der Waals surface area contributed by atoms with Crippen LogP contribution < -0.4 is 5.32 Å². The number of benzene rings is 1. The zero-order valence-corrected chi connectivity index (χ0v) is 10.8. The van der Waals surface area contributed by atoms with Gasteiger partial charge in [-0.25, -0.2) is 4.42 Å². The quantitative estimate of drug-likeness (QED) is 0.734. The lowest BCUT2D eigenvalue weighted by atomic mass is 9.85. The molecule has 3 nitrogen and oxygen atoms in total. The van der Waals surface area contributed by atoms with E-state index in [1.54, 1.807) is 4.42 Å². The summed E-state index contributed by atoms with van der Waals surface area (Å²) < 4.78 is 1.72. The number of amides is 1. The summed E-state index contributed by atoms with van der Waals surface area (Å²) >= 11 is 12.2. The maximum atomic E-state index is 12.0. The van der Waals surface area contributed by atoms with Crippen LogP contribution in [-0.4, -0.2) is 29.5 Å². The van der Waals surface area contributed by atoms with Crippen LogP contribution >= 0.6 is 23.4 Å². The van der Waals surface area contributed by atoms with E-state index in [1.165, 1.54) is 0 Å². The molecule has 1 saturated heterocycles. The summed E-state index contributed by atoms with van der Waals surface area (Å²) in [4.78, 5) is 12.0. The van der Waals surface area contributed by atoms with E-state index in [4.69, 9.17) is 23.4 Å². The van der Waals surface area contributed by atoms with Crippen LogP contribution in [-0.2, 0) is 0 Å². The first kappa shape index (κ1) is 11.3. The predicted octanol–water partition coefficient (Wildman–Crippen LogP) is 2.31. The Kier molecular flexibility index (Phi) is 2.58. The molecule has 0 saturated carbocycles. The molecule has 0 aliphatic carbocycles. The van der Waals surface area contributed by atoms with Gasteiger partial charge in [0, 0.05) is 19.0 Å². The number of nitrogens with one attached hydrogen (secondary N) is 1. The summed E-state index contributed by atoms with van der Waals surface area (Å²) in [6, 6.07) is 3.98. The molecule has 0 aromatic heterocycles. The highest BCUT2D eigenvalue weighted by atomic mass is 35.5. The lowest BCUT2D eigenvalue weighted by Crippen LogP contribution is -2.44. The summed E-state index contributed by atoms with van der Waals surface area (Å²) in [6.45, 7) is 3.42. The van der Waals surface area contributed by atoms with Crippen molar-refractivity contribution in [2.45, 2.75) is 18.9 Å². The van der Waals surface area contributed by atoms with Gasteiger partial charge in [0.1, 0.15) is 0 Å². The Morgan fingerprint density at radius 2 is 2.18 bits per heavy atom. The van der Waals surface area contributed by atoms with Crippen molar-refractivity contribution in [3.63, 3.8) is 0 Å². The van der Waals surface area contributed by atoms with E-state index in [0.29, 0.717) is 17.1 Å². The maximum Gasteiger partial charge on any atom is 0.253 e. The van der Waals surface area contributed by atoms with Crippen molar-refractivity contribution in [1.29, 1.82) is 0 Å². The predicted molar refractivity (Wildman–Crippen MR) is 67.6 cm³/mol. The van der Waals surface area contributed by atoms with E-state index >= 15 is 0 Å². The van der Waals surface area contributed by atoms with E-state index in [-0.39, 0.29) is 17.9 Å². The van der Waals surface area contributed by atoms with Crippen LogP contribution in [0.4, 0.5) is 0 Å². The number of aryl methyl sites for hydroxylation is 1. The van der Waals surface area contributed by atoms with Gasteiger partial charge in [-0.3, -0.25) is 4.79 Å². The highest BCUT2D eigenvalue weighted by molar-refractivity contribution is 6.34. The molecular weight excluding hydrogens is 259 g/mol. The fraction of sp³-hybridized carbons (Fsp3) is 0.417. The molecule has 2 aliphatic rings. The molecule has 0 unspecified atom stereocenters. The lowest BCUT2D eigenvalue weighted by molar-refractivity contribution is 0.0924. The minimum atomic E-state index is -0.0850. The van der Waals surface area contributed by atoms with Crippen LogP contribution in [0.5, 0.6) is 0 Å². The maximum absolute atomic E-state index is 12.0. The van der Waals surface area contributed by atoms with Crippen LogP contribution in [0, 0.1) is 6.92 Å². The highest BCUT2D eigenvalue weighted by Gasteiger charge is 2.40. The first-order valence-corrected chi connectivity index (χ1v) is 6.29. The normalized spacial score (nSPS) is 27.6. The standard InChI is InChI=1S/C12H12Cl2N2O/c1-6-2-7-8-4-16(14)5-10(8)15-12(17)11(7)9(13)3-6/h2-3,8,10H,4-5H2,1H3,(H,15,17)/t8-,10+/m0/s1. The number of hydrogen-bond acceptors (Lipinski definition) is 2. The highest BCUT2D eigenvalue weighted by Crippen LogP contribution is 2.37. The number of nitrogens with zero attached hydrogens (tertiary/aromatic N) is 1. The molecule has 2 heterocycles. The molecular formula is C12H12Cl2N2O. The average Bonchev–Trinajstić information content (AvgIpc) is 2.57. The molecule has 2 aliphatic heterocycles. The molecule has 3 rings (SSSR count). The van der Waals surface area contributed by atoms with Crippen molar-refractivity contribution < 1.29 is 4.79 Å². The van der Waals surface area contributed by atoms with Gasteiger partial charge in [0.05, 0.1) is 16.6 Å². The second-order valence-corrected chi connectivity index (χ2v) is 5.61. The number of hydrogen-bond donors (Lipinski definition) is 1. The molecule has 1 N–H and O–H groups in total. The van der Waals surface area contributed by atoms with Crippen LogP contribution in [0.25, 0.3) is 0 Å².